The Kier molecular flexibility index (Phi) is 6.08. The molecule has 9 unspecified atom stereocenters. The highest BCUT2D eigenvalue weighted by Gasteiger charge is 2.61. The van der Waals surface area contributed by atoms with Crippen LogP contribution in [0.25, 0.3) is 0 Å². The Morgan fingerprint density at radius 2 is 1.80 bits per heavy atom. The highest BCUT2D eigenvalue weighted by molar-refractivity contribution is 5.28. The predicted molar refractivity (Wildman–Crippen MR) is 125 cm³/mol. The Balaban J connectivity index is 1.54. The minimum Gasteiger partial charge on any atom is -0.393 e. The second-order valence-corrected chi connectivity index (χ2v) is 12.3. The molecular weight excluding hydrogens is 368 g/mol. The van der Waals surface area contributed by atoms with Crippen molar-refractivity contribution in [3.63, 3.8) is 0 Å². The first-order valence-electron chi connectivity index (χ1n) is 12.8. The van der Waals surface area contributed by atoms with Gasteiger partial charge in [-0.25, -0.2) is 0 Å². The zero-order chi connectivity index (χ0) is 21.8. The monoisotopic (exact) mass is 414 g/mol. The van der Waals surface area contributed by atoms with Gasteiger partial charge in [0.2, 0.25) is 0 Å². The summed E-state index contributed by atoms with van der Waals surface area (Å²) in [6, 6.07) is 0. The van der Waals surface area contributed by atoms with Crippen molar-refractivity contribution < 1.29 is 10.2 Å². The Bertz CT molecular complexity index is 693. The van der Waals surface area contributed by atoms with Crippen molar-refractivity contribution in [2.45, 2.75) is 105 Å². The first-order valence-corrected chi connectivity index (χ1v) is 12.8. The molecule has 0 spiro atoms. The molecule has 9 atom stereocenters. The van der Waals surface area contributed by atoms with E-state index in [-0.39, 0.29) is 17.6 Å². The van der Waals surface area contributed by atoms with Crippen LogP contribution in [-0.2, 0) is 0 Å². The fourth-order valence-electron chi connectivity index (χ4n) is 8.51. The van der Waals surface area contributed by atoms with Gasteiger partial charge >= 0.3 is 0 Å². The minimum atomic E-state index is -0.317. The van der Waals surface area contributed by atoms with Crippen LogP contribution in [0.1, 0.15) is 92.4 Å². The van der Waals surface area contributed by atoms with Crippen LogP contribution in [0.15, 0.2) is 23.8 Å². The maximum Gasteiger partial charge on any atom is 0.0757 e. The average molecular weight is 415 g/mol. The number of aliphatic hydroxyl groups excluding tert-OH is 2. The molecule has 0 aliphatic heterocycles. The first kappa shape index (κ1) is 22.6. The van der Waals surface area contributed by atoms with Crippen molar-refractivity contribution in [1.82, 2.24) is 0 Å². The highest BCUT2D eigenvalue weighted by atomic mass is 16.3. The third-order valence-corrected chi connectivity index (χ3v) is 10.6. The Labute approximate surface area is 185 Å². The van der Waals surface area contributed by atoms with Crippen molar-refractivity contribution in [3.8, 4) is 0 Å². The molecule has 0 saturated heterocycles. The largest absolute Gasteiger partial charge is 0.393 e. The first-order chi connectivity index (χ1) is 14.1. The molecule has 0 aromatic rings. The summed E-state index contributed by atoms with van der Waals surface area (Å²) in [5.74, 6) is 3.76. The summed E-state index contributed by atoms with van der Waals surface area (Å²) >= 11 is 0. The van der Waals surface area contributed by atoms with Gasteiger partial charge in [0.25, 0.3) is 0 Å². The lowest BCUT2D eigenvalue weighted by Crippen LogP contribution is -2.54. The van der Waals surface area contributed by atoms with E-state index in [0.29, 0.717) is 29.1 Å². The lowest BCUT2D eigenvalue weighted by Gasteiger charge is -2.59. The second-order valence-electron chi connectivity index (χ2n) is 12.3. The van der Waals surface area contributed by atoms with Gasteiger partial charge in [-0.05, 0) is 104 Å². The van der Waals surface area contributed by atoms with E-state index in [1.807, 2.05) is 0 Å². The van der Waals surface area contributed by atoms with Crippen LogP contribution < -0.4 is 0 Å². The standard InChI is InChI=1S/C28H46O2/c1-17(2)18(3)7-8-19(4)22-9-10-23-26-24(12-14-28(22,23)6)27(5)13-11-21(29)15-20(27)16-25(26)30/h16-17,19,21-26,29-30H,3,7-15H2,1-2,4-6H3. The number of rotatable bonds is 5. The summed E-state index contributed by atoms with van der Waals surface area (Å²) < 4.78 is 0. The number of allylic oxidation sites excluding steroid dienone is 1. The average Bonchev–Trinajstić information content (AvgIpc) is 3.04. The maximum atomic E-state index is 11.3. The molecule has 0 aromatic heterocycles. The van der Waals surface area contributed by atoms with Crippen LogP contribution >= 0.6 is 0 Å². The zero-order valence-electron chi connectivity index (χ0n) is 20.2. The molecular formula is C28H46O2. The normalized spacial score (nSPS) is 46.6. The summed E-state index contributed by atoms with van der Waals surface area (Å²) in [6.07, 6.45) is 12.1. The topological polar surface area (TPSA) is 40.5 Å². The third-order valence-electron chi connectivity index (χ3n) is 10.6. The molecule has 4 rings (SSSR count). The van der Waals surface area contributed by atoms with E-state index >= 15 is 0 Å². The molecule has 4 aliphatic rings. The van der Waals surface area contributed by atoms with E-state index in [4.69, 9.17) is 0 Å². The van der Waals surface area contributed by atoms with Crippen molar-refractivity contribution in [2.24, 2.45) is 46.3 Å². The minimum absolute atomic E-state index is 0.198. The molecule has 170 valence electrons. The van der Waals surface area contributed by atoms with E-state index in [2.05, 4.69) is 47.3 Å². The zero-order valence-corrected chi connectivity index (χ0v) is 20.2. The Hall–Kier alpha value is -0.600. The van der Waals surface area contributed by atoms with Crippen molar-refractivity contribution in [1.29, 1.82) is 0 Å². The Morgan fingerprint density at radius 1 is 1.07 bits per heavy atom. The molecule has 2 N–H and O–H groups in total. The van der Waals surface area contributed by atoms with Crippen LogP contribution in [0.5, 0.6) is 0 Å². The molecule has 3 fully saturated rings. The van der Waals surface area contributed by atoms with E-state index in [1.165, 1.54) is 43.3 Å². The quantitative estimate of drug-likeness (QED) is 0.502. The maximum absolute atomic E-state index is 11.3. The van der Waals surface area contributed by atoms with Gasteiger partial charge in [-0.3, -0.25) is 0 Å². The fraction of sp³-hybridized carbons (Fsp3) is 0.857. The molecule has 2 heteroatoms. The van der Waals surface area contributed by atoms with E-state index in [1.54, 1.807) is 0 Å². The van der Waals surface area contributed by atoms with Crippen molar-refractivity contribution >= 4 is 0 Å². The van der Waals surface area contributed by atoms with Gasteiger partial charge in [0.1, 0.15) is 0 Å². The van der Waals surface area contributed by atoms with Gasteiger partial charge in [-0.1, -0.05) is 58.4 Å². The van der Waals surface area contributed by atoms with E-state index < -0.39 is 0 Å². The van der Waals surface area contributed by atoms with Crippen molar-refractivity contribution in [2.75, 3.05) is 0 Å². The summed E-state index contributed by atoms with van der Waals surface area (Å²) in [7, 11) is 0. The van der Waals surface area contributed by atoms with Gasteiger partial charge in [0.15, 0.2) is 0 Å². The van der Waals surface area contributed by atoms with Gasteiger partial charge < -0.3 is 10.2 Å². The predicted octanol–water partition coefficient (Wildman–Crippen LogP) is 6.53. The second kappa shape index (κ2) is 8.07. The smallest absolute Gasteiger partial charge is 0.0757 e. The fourth-order valence-corrected chi connectivity index (χ4v) is 8.51. The summed E-state index contributed by atoms with van der Waals surface area (Å²) in [5, 5.41) is 21.5. The lowest BCUT2D eigenvalue weighted by atomic mass is 9.46. The molecule has 0 radical (unpaired) electrons. The third kappa shape index (κ3) is 3.54. The van der Waals surface area contributed by atoms with E-state index in [9.17, 15) is 10.2 Å². The summed E-state index contributed by atoms with van der Waals surface area (Å²) in [5.41, 5.74) is 3.33. The lowest BCUT2D eigenvalue weighted by molar-refractivity contribution is -0.0970. The molecule has 0 bridgehead atoms. The number of hydrogen-bond acceptors (Lipinski definition) is 2. The summed E-state index contributed by atoms with van der Waals surface area (Å²) in [4.78, 5) is 0. The van der Waals surface area contributed by atoms with Crippen LogP contribution in [0.3, 0.4) is 0 Å². The highest BCUT2D eigenvalue weighted by Crippen LogP contribution is 2.67. The number of hydrogen-bond donors (Lipinski definition) is 2. The molecule has 30 heavy (non-hydrogen) atoms. The molecule has 0 heterocycles. The Morgan fingerprint density at radius 3 is 2.50 bits per heavy atom. The number of aliphatic hydroxyl groups is 2. The number of fused-ring (bicyclic) bond motifs is 5. The van der Waals surface area contributed by atoms with Crippen LogP contribution in [0, 0.1) is 46.3 Å². The molecule has 4 aliphatic carbocycles. The summed E-state index contributed by atoms with van der Waals surface area (Å²) in [6.45, 7) is 16.3. The van der Waals surface area contributed by atoms with Gasteiger partial charge in [0.05, 0.1) is 12.2 Å². The van der Waals surface area contributed by atoms with Gasteiger partial charge in [-0.15, -0.1) is 0 Å². The van der Waals surface area contributed by atoms with Crippen LogP contribution in [0.4, 0.5) is 0 Å². The van der Waals surface area contributed by atoms with Crippen LogP contribution in [0.2, 0.25) is 0 Å². The molecule has 2 nitrogen and oxygen atoms in total. The molecule has 0 amide bonds. The van der Waals surface area contributed by atoms with Gasteiger partial charge in [-0.2, -0.15) is 0 Å². The van der Waals surface area contributed by atoms with Gasteiger partial charge in [0, 0.05) is 0 Å². The van der Waals surface area contributed by atoms with Crippen LogP contribution in [-0.4, -0.2) is 22.4 Å². The molecule has 0 aromatic carbocycles. The SMILES string of the molecule is C=C(CCC(C)C1CCC2C3C(O)C=C4CC(O)CCC4(C)C3CCC12C)C(C)C. The van der Waals surface area contributed by atoms with Crippen molar-refractivity contribution in [3.05, 3.63) is 23.8 Å². The van der Waals surface area contributed by atoms with E-state index in [0.717, 1.165) is 37.5 Å². The molecule has 3 saturated carbocycles.